The van der Waals surface area contributed by atoms with Gasteiger partial charge in [-0.1, -0.05) is 115 Å². The number of hydrogen-bond donors (Lipinski definition) is 0. The highest BCUT2D eigenvalue weighted by atomic mass is 15.1. The largest absolute Gasteiger partial charge is 0.309 e. The quantitative estimate of drug-likeness (QED) is 0.182. The van der Waals surface area contributed by atoms with Crippen LogP contribution in [0.1, 0.15) is 0 Å². The van der Waals surface area contributed by atoms with E-state index in [1.54, 1.807) is 0 Å². The van der Waals surface area contributed by atoms with Crippen molar-refractivity contribution in [2.24, 2.45) is 0 Å². The molecule has 0 saturated carbocycles. The monoisotopic (exact) mass is 713 g/mol. The summed E-state index contributed by atoms with van der Waals surface area (Å²) in [6.07, 6.45) is 1.81. The first-order chi connectivity index (χ1) is 27.7. The Morgan fingerprint density at radius 1 is 0.339 bits per heavy atom. The number of fused-ring (bicyclic) bond motifs is 9. The van der Waals surface area contributed by atoms with Crippen LogP contribution < -0.4 is 0 Å². The molecule has 0 amide bonds. The summed E-state index contributed by atoms with van der Waals surface area (Å²) < 4.78 is 4.65. The van der Waals surface area contributed by atoms with E-state index in [-0.39, 0.29) is 0 Å². The summed E-state index contributed by atoms with van der Waals surface area (Å²) in [5, 5.41) is 10.5. The van der Waals surface area contributed by atoms with Gasteiger partial charge in [0.2, 0.25) is 0 Å². The van der Waals surface area contributed by atoms with Crippen LogP contribution in [0, 0.1) is 0 Å². The molecule has 0 bridgehead atoms. The first-order valence-electron chi connectivity index (χ1n) is 18.9. The Labute approximate surface area is 321 Å². The van der Waals surface area contributed by atoms with Gasteiger partial charge < -0.3 is 4.57 Å². The number of hydrogen-bond acceptors (Lipinski definition) is 3. The van der Waals surface area contributed by atoms with Gasteiger partial charge in [0.15, 0.2) is 17.3 Å². The van der Waals surface area contributed by atoms with Crippen molar-refractivity contribution in [3.8, 4) is 34.0 Å². The fourth-order valence-electron chi connectivity index (χ4n) is 8.69. The average Bonchev–Trinajstić information content (AvgIpc) is 3.76. The summed E-state index contributed by atoms with van der Waals surface area (Å²) in [5.74, 6) is 1.43. The molecule has 0 aliphatic carbocycles. The Kier molecular flexibility index (Phi) is 6.56. The van der Waals surface area contributed by atoms with Crippen LogP contribution in [0.3, 0.4) is 0 Å². The Morgan fingerprint density at radius 2 is 0.964 bits per heavy atom. The molecule has 12 rings (SSSR count). The van der Waals surface area contributed by atoms with Crippen LogP contribution in [0.4, 0.5) is 0 Å². The lowest BCUT2D eigenvalue weighted by atomic mass is 9.99. The molecule has 4 heterocycles. The summed E-state index contributed by atoms with van der Waals surface area (Å²) in [5.41, 5.74) is 9.48. The molecule has 0 unspecified atom stereocenters. The highest BCUT2D eigenvalue weighted by Gasteiger charge is 2.21. The van der Waals surface area contributed by atoms with Crippen LogP contribution in [0.15, 0.2) is 188 Å². The van der Waals surface area contributed by atoms with Crippen molar-refractivity contribution < 1.29 is 0 Å². The Bertz CT molecular complexity index is 3540. The number of rotatable bonds is 4. The second kappa shape index (κ2) is 11.9. The second-order valence-electron chi connectivity index (χ2n) is 14.5. The third kappa shape index (κ3) is 4.64. The minimum atomic E-state index is 0.626. The van der Waals surface area contributed by atoms with Gasteiger partial charge in [-0.2, -0.15) is 0 Å². The first kappa shape index (κ1) is 30.8. The van der Waals surface area contributed by atoms with E-state index in [0.29, 0.717) is 11.5 Å². The molecule has 0 N–H and O–H groups in total. The fourth-order valence-corrected chi connectivity index (χ4v) is 8.69. The molecule has 0 spiro atoms. The highest BCUT2D eigenvalue weighted by molar-refractivity contribution is 6.15. The van der Waals surface area contributed by atoms with E-state index in [0.717, 1.165) is 44.5 Å². The number of benzene rings is 8. The summed E-state index contributed by atoms with van der Waals surface area (Å²) in [6.45, 7) is 0. The maximum Gasteiger partial charge on any atom is 0.165 e. The summed E-state index contributed by atoms with van der Waals surface area (Å²) >= 11 is 0. The molecule has 56 heavy (non-hydrogen) atoms. The van der Waals surface area contributed by atoms with Gasteiger partial charge in [0.1, 0.15) is 0 Å². The topological polar surface area (TPSA) is 48.5 Å². The lowest BCUT2D eigenvalue weighted by Gasteiger charge is -2.13. The van der Waals surface area contributed by atoms with Crippen LogP contribution in [0.5, 0.6) is 0 Å². The van der Waals surface area contributed by atoms with Gasteiger partial charge in [-0.3, -0.25) is 4.57 Å². The standard InChI is InChI=1S/C51H31N5/c1-2-15-39(16-3-1)55-45-19-9-8-17-40(45)41-24-22-38(31-47(41)55)49-53-50-42(18-10-26-52-50)51(54-49)56-46-25-23-37(36-21-20-32-11-4-5-12-33(32)27-36)29-43(46)44-28-34-13-6-7-14-35(34)30-48(44)56/h1-31H. The molecular weight excluding hydrogens is 683 g/mol. The van der Waals surface area contributed by atoms with Gasteiger partial charge in [0.25, 0.3) is 0 Å². The molecule has 4 aromatic heterocycles. The molecule has 12 aromatic rings. The van der Waals surface area contributed by atoms with Gasteiger partial charge in [0, 0.05) is 39.0 Å². The molecule has 0 atom stereocenters. The van der Waals surface area contributed by atoms with Gasteiger partial charge in [0.05, 0.1) is 27.5 Å². The van der Waals surface area contributed by atoms with E-state index >= 15 is 0 Å². The maximum atomic E-state index is 5.47. The van der Waals surface area contributed by atoms with Crippen molar-refractivity contribution in [3.63, 3.8) is 0 Å². The third-order valence-electron chi connectivity index (χ3n) is 11.3. The fraction of sp³-hybridized carbons (Fsp3) is 0. The number of aromatic nitrogens is 5. The molecule has 0 aliphatic heterocycles. The van der Waals surface area contributed by atoms with Crippen LogP contribution in [0.2, 0.25) is 0 Å². The zero-order valence-corrected chi connectivity index (χ0v) is 30.1. The van der Waals surface area contributed by atoms with Gasteiger partial charge in [-0.05, 0) is 99.4 Å². The Hall–Kier alpha value is -7.63. The van der Waals surface area contributed by atoms with E-state index in [9.17, 15) is 0 Å². The lowest BCUT2D eigenvalue weighted by molar-refractivity contribution is 1.07. The lowest BCUT2D eigenvalue weighted by Crippen LogP contribution is -2.03. The molecule has 0 fully saturated rings. The van der Waals surface area contributed by atoms with E-state index < -0.39 is 0 Å². The van der Waals surface area contributed by atoms with Crippen molar-refractivity contribution >= 4 is 76.2 Å². The smallest absolute Gasteiger partial charge is 0.165 e. The zero-order valence-electron chi connectivity index (χ0n) is 30.1. The van der Waals surface area contributed by atoms with Gasteiger partial charge in [-0.25, -0.2) is 15.0 Å². The molecule has 8 aromatic carbocycles. The van der Waals surface area contributed by atoms with Crippen molar-refractivity contribution in [3.05, 3.63) is 188 Å². The number of para-hydroxylation sites is 2. The molecule has 5 heteroatoms. The predicted octanol–water partition coefficient (Wildman–Crippen LogP) is 12.9. The van der Waals surface area contributed by atoms with Gasteiger partial charge >= 0.3 is 0 Å². The Balaban J connectivity index is 1.12. The van der Waals surface area contributed by atoms with E-state index in [1.807, 2.05) is 12.3 Å². The molecule has 260 valence electrons. The first-order valence-corrected chi connectivity index (χ1v) is 18.9. The van der Waals surface area contributed by atoms with E-state index in [4.69, 9.17) is 15.0 Å². The molecular formula is C51H31N5. The second-order valence-corrected chi connectivity index (χ2v) is 14.5. The molecule has 0 aliphatic rings. The van der Waals surface area contributed by atoms with Crippen molar-refractivity contribution in [2.45, 2.75) is 0 Å². The zero-order chi connectivity index (χ0) is 36.7. The third-order valence-corrected chi connectivity index (χ3v) is 11.3. The number of pyridine rings is 1. The highest BCUT2D eigenvalue weighted by Crippen LogP contribution is 2.40. The summed E-state index contributed by atoms with van der Waals surface area (Å²) in [4.78, 5) is 15.4. The maximum absolute atomic E-state index is 5.47. The molecule has 0 saturated heterocycles. The number of nitrogens with zero attached hydrogens (tertiary/aromatic N) is 5. The average molecular weight is 714 g/mol. The van der Waals surface area contributed by atoms with Crippen molar-refractivity contribution in [1.29, 1.82) is 0 Å². The SMILES string of the molecule is c1ccc(-n2c3ccccc3c3ccc(-c4nc(-n5c6ccc(-c7ccc8ccccc8c7)cc6c6cc7ccccc7cc65)c5cccnc5n4)cc32)cc1. The molecule has 5 nitrogen and oxygen atoms in total. The molecule has 0 radical (unpaired) electrons. The van der Waals surface area contributed by atoms with Crippen molar-refractivity contribution in [1.82, 2.24) is 24.1 Å². The van der Waals surface area contributed by atoms with E-state index in [1.165, 1.54) is 54.2 Å². The minimum absolute atomic E-state index is 0.626. The Morgan fingerprint density at radius 3 is 1.84 bits per heavy atom. The summed E-state index contributed by atoms with van der Waals surface area (Å²) in [6, 6.07) is 65.1. The van der Waals surface area contributed by atoms with Crippen LogP contribution in [-0.4, -0.2) is 24.1 Å². The minimum Gasteiger partial charge on any atom is -0.309 e. The van der Waals surface area contributed by atoms with E-state index in [2.05, 4.69) is 185 Å². The predicted molar refractivity (Wildman–Crippen MR) is 232 cm³/mol. The van der Waals surface area contributed by atoms with Crippen molar-refractivity contribution in [2.75, 3.05) is 0 Å². The normalized spacial score (nSPS) is 11.9. The van der Waals surface area contributed by atoms with Crippen LogP contribution in [0.25, 0.3) is 110 Å². The summed E-state index contributed by atoms with van der Waals surface area (Å²) in [7, 11) is 0. The van der Waals surface area contributed by atoms with Crippen LogP contribution in [-0.2, 0) is 0 Å². The van der Waals surface area contributed by atoms with Crippen LogP contribution >= 0.6 is 0 Å². The van der Waals surface area contributed by atoms with Gasteiger partial charge in [-0.15, -0.1) is 0 Å².